The van der Waals surface area contributed by atoms with Crippen LogP contribution in [0.25, 0.3) is 0 Å². The molecular weight excluding hydrogens is 216 g/mol. The summed E-state index contributed by atoms with van der Waals surface area (Å²) < 4.78 is 25.9. The molecule has 1 heterocycles. The first kappa shape index (κ1) is 12.6. The zero-order valence-electron chi connectivity index (χ0n) is 9.00. The van der Waals surface area contributed by atoms with Gasteiger partial charge in [0, 0.05) is 12.6 Å². The molecule has 0 aliphatic carbocycles. The number of nitrogens with zero attached hydrogens (tertiary/aromatic N) is 1. The van der Waals surface area contributed by atoms with Gasteiger partial charge in [0.1, 0.15) is 0 Å². The number of nitrogens with one attached hydrogen (secondary N) is 1. The van der Waals surface area contributed by atoms with E-state index >= 15 is 0 Å². The number of rotatable bonds is 5. The summed E-state index contributed by atoms with van der Waals surface area (Å²) in [5.74, 6) is -2.04. The van der Waals surface area contributed by atoms with E-state index < -0.39 is 17.7 Å². The van der Waals surface area contributed by atoms with E-state index in [0.29, 0.717) is 25.5 Å². The van der Waals surface area contributed by atoms with E-state index in [-0.39, 0.29) is 11.6 Å². The number of hydrogen-bond acceptors (Lipinski definition) is 4. The second kappa shape index (κ2) is 5.60. The lowest BCUT2D eigenvalue weighted by atomic mass is 10.2. The van der Waals surface area contributed by atoms with Gasteiger partial charge >= 0.3 is 0 Å². The van der Waals surface area contributed by atoms with E-state index in [2.05, 4.69) is 10.3 Å². The average molecular weight is 231 g/mol. The fourth-order valence-corrected chi connectivity index (χ4v) is 1.21. The molecule has 0 amide bonds. The Morgan fingerprint density at radius 1 is 1.50 bits per heavy atom. The first-order chi connectivity index (χ1) is 7.50. The van der Waals surface area contributed by atoms with Crippen molar-refractivity contribution in [3.63, 3.8) is 0 Å². The Labute approximate surface area is 92.5 Å². The highest BCUT2D eigenvalue weighted by atomic mass is 19.1. The van der Waals surface area contributed by atoms with E-state index in [9.17, 15) is 8.78 Å². The molecule has 6 heteroatoms. The molecule has 1 rings (SSSR count). The standard InChI is InChI=1S/C10H15F2N3O/c1-6(16)3-2-4-14-10-8(12)5-7(11)9(13)15-10/h5-6,16H,2-4H2,1H3,(H3,13,14,15). The molecule has 1 unspecified atom stereocenters. The minimum absolute atomic E-state index is 0.0653. The monoisotopic (exact) mass is 231 g/mol. The zero-order chi connectivity index (χ0) is 12.1. The van der Waals surface area contributed by atoms with Crippen LogP contribution in [0.2, 0.25) is 0 Å². The summed E-state index contributed by atoms with van der Waals surface area (Å²) in [5.41, 5.74) is 5.21. The van der Waals surface area contributed by atoms with Crippen LogP contribution in [0.1, 0.15) is 19.8 Å². The van der Waals surface area contributed by atoms with Crippen LogP contribution in [-0.2, 0) is 0 Å². The first-order valence-electron chi connectivity index (χ1n) is 5.04. The van der Waals surface area contributed by atoms with Crippen molar-refractivity contribution in [3.8, 4) is 0 Å². The first-order valence-corrected chi connectivity index (χ1v) is 5.04. The van der Waals surface area contributed by atoms with Gasteiger partial charge in [-0.2, -0.15) is 0 Å². The van der Waals surface area contributed by atoms with Crippen LogP contribution in [0.5, 0.6) is 0 Å². The molecule has 0 saturated heterocycles. The van der Waals surface area contributed by atoms with Crippen molar-refractivity contribution in [1.29, 1.82) is 0 Å². The summed E-state index contributed by atoms with van der Waals surface area (Å²) in [6, 6.07) is 0.694. The number of hydrogen-bond donors (Lipinski definition) is 3. The van der Waals surface area contributed by atoms with Crippen molar-refractivity contribution in [1.82, 2.24) is 4.98 Å². The number of aromatic nitrogens is 1. The van der Waals surface area contributed by atoms with E-state index in [1.807, 2.05) is 0 Å². The molecule has 0 aliphatic heterocycles. The van der Waals surface area contributed by atoms with Crippen molar-refractivity contribution in [2.75, 3.05) is 17.6 Å². The number of pyridine rings is 1. The van der Waals surface area contributed by atoms with Gasteiger partial charge in [-0.3, -0.25) is 0 Å². The van der Waals surface area contributed by atoms with Gasteiger partial charge in [-0.05, 0) is 19.8 Å². The number of aliphatic hydroxyl groups is 1. The number of aliphatic hydroxyl groups excluding tert-OH is 1. The lowest BCUT2D eigenvalue weighted by Crippen LogP contribution is -2.10. The Morgan fingerprint density at radius 3 is 2.81 bits per heavy atom. The summed E-state index contributed by atoms with van der Waals surface area (Å²) in [7, 11) is 0. The number of halogens is 2. The molecule has 0 saturated carbocycles. The smallest absolute Gasteiger partial charge is 0.168 e. The highest BCUT2D eigenvalue weighted by molar-refractivity contribution is 5.44. The fourth-order valence-electron chi connectivity index (χ4n) is 1.21. The summed E-state index contributed by atoms with van der Waals surface area (Å²) in [5, 5.41) is 11.7. The van der Waals surface area contributed by atoms with E-state index in [1.54, 1.807) is 6.92 Å². The molecule has 4 N–H and O–H groups in total. The molecular formula is C10H15F2N3O. The van der Waals surface area contributed by atoms with Gasteiger partial charge in [-0.1, -0.05) is 0 Å². The topological polar surface area (TPSA) is 71.2 Å². The fraction of sp³-hybridized carbons (Fsp3) is 0.500. The minimum Gasteiger partial charge on any atom is -0.393 e. The summed E-state index contributed by atoms with van der Waals surface area (Å²) in [6.07, 6.45) is 0.874. The Kier molecular flexibility index (Phi) is 4.42. The molecule has 0 aromatic carbocycles. The third-order valence-electron chi connectivity index (χ3n) is 2.05. The molecule has 4 nitrogen and oxygen atoms in total. The largest absolute Gasteiger partial charge is 0.393 e. The third-order valence-corrected chi connectivity index (χ3v) is 2.05. The maximum absolute atomic E-state index is 13.1. The zero-order valence-corrected chi connectivity index (χ0v) is 9.00. The molecule has 1 aromatic heterocycles. The normalized spacial score (nSPS) is 12.5. The average Bonchev–Trinajstić information content (AvgIpc) is 2.19. The van der Waals surface area contributed by atoms with Crippen molar-refractivity contribution < 1.29 is 13.9 Å². The van der Waals surface area contributed by atoms with Crippen LogP contribution in [0.4, 0.5) is 20.4 Å². The van der Waals surface area contributed by atoms with E-state index in [0.717, 1.165) is 0 Å². The molecule has 0 spiro atoms. The second-order valence-corrected chi connectivity index (χ2v) is 3.60. The number of nitrogens with two attached hydrogens (primary N) is 1. The summed E-state index contributed by atoms with van der Waals surface area (Å²) in [4.78, 5) is 3.54. The highest BCUT2D eigenvalue weighted by Gasteiger charge is 2.08. The number of nitrogen functional groups attached to an aromatic ring is 1. The van der Waals surface area contributed by atoms with Crippen LogP contribution in [0.15, 0.2) is 6.07 Å². The molecule has 0 bridgehead atoms. The van der Waals surface area contributed by atoms with Crippen molar-refractivity contribution in [2.24, 2.45) is 0 Å². The molecule has 0 radical (unpaired) electrons. The van der Waals surface area contributed by atoms with Gasteiger partial charge in [0.05, 0.1) is 6.10 Å². The van der Waals surface area contributed by atoms with Gasteiger partial charge in [-0.25, -0.2) is 13.8 Å². The summed E-state index contributed by atoms with van der Waals surface area (Å²) >= 11 is 0. The van der Waals surface area contributed by atoms with Crippen LogP contribution < -0.4 is 11.1 Å². The Bertz CT molecular complexity index is 358. The molecule has 0 fully saturated rings. The molecule has 1 atom stereocenters. The second-order valence-electron chi connectivity index (χ2n) is 3.60. The van der Waals surface area contributed by atoms with Gasteiger partial charge in [0.2, 0.25) is 0 Å². The predicted octanol–water partition coefficient (Wildman–Crippen LogP) is 1.51. The Hall–Kier alpha value is -1.43. The highest BCUT2D eigenvalue weighted by Crippen LogP contribution is 2.16. The van der Waals surface area contributed by atoms with Crippen LogP contribution in [0.3, 0.4) is 0 Å². The van der Waals surface area contributed by atoms with Crippen LogP contribution >= 0.6 is 0 Å². The van der Waals surface area contributed by atoms with Crippen LogP contribution in [-0.4, -0.2) is 22.7 Å². The Balaban J connectivity index is 2.51. The van der Waals surface area contributed by atoms with Gasteiger partial charge in [0.15, 0.2) is 23.3 Å². The van der Waals surface area contributed by atoms with Crippen molar-refractivity contribution in [2.45, 2.75) is 25.9 Å². The van der Waals surface area contributed by atoms with E-state index in [1.165, 1.54) is 0 Å². The third kappa shape index (κ3) is 3.62. The lowest BCUT2D eigenvalue weighted by molar-refractivity contribution is 0.183. The van der Waals surface area contributed by atoms with Gasteiger partial charge in [0.25, 0.3) is 0 Å². The van der Waals surface area contributed by atoms with Crippen molar-refractivity contribution in [3.05, 3.63) is 17.7 Å². The predicted molar refractivity (Wildman–Crippen MR) is 58.0 cm³/mol. The quantitative estimate of drug-likeness (QED) is 0.672. The SMILES string of the molecule is CC(O)CCCNc1nc(N)c(F)cc1F. The molecule has 1 aromatic rings. The maximum atomic E-state index is 13.1. The molecule has 90 valence electrons. The van der Waals surface area contributed by atoms with Gasteiger partial charge in [-0.15, -0.1) is 0 Å². The molecule has 0 aliphatic rings. The summed E-state index contributed by atoms with van der Waals surface area (Å²) in [6.45, 7) is 2.12. The Morgan fingerprint density at radius 2 is 2.19 bits per heavy atom. The maximum Gasteiger partial charge on any atom is 0.168 e. The lowest BCUT2D eigenvalue weighted by Gasteiger charge is -2.08. The van der Waals surface area contributed by atoms with Crippen LogP contribution in [0, 0.1) is 11.6 Å². The minimum atomic E-state index is -0.868. The van der Waals surface area contributed by atoms with Crippen molar-refractivity contribution >= 4 is 11.6 Å². The molecule has 16 heavy (non-hydrogen) atoms. The van der Waals surface area contributed by atoms with Gasteiger partial charge < -0.3 is 16.2 Å². The van der Waals surface area contributed by atoms with E-state index in [4.69, 9.17) is 10.8 Å². The number of anilines is 2.